The molecule has 1 aromatic rings. The summed E-state index contributed by atoms with van der Waals surface area (Å²) in [6.45, 7) is 11.2. The van der Waals surface area contributed by atoms with Crippen LogP contribution in [0.5, 0.6) is 5.75 Å². The first kappa shape index (κ1) is 18.5. The number of ether oxygens (including phenoxy) is 1. The zero-order valence-corrected chi connectivity index (χ0v) is 15.8. The number of hydrogen-bond donors (Lipinski definition) is 1. The molecule has 1 N–H and O–H groups in total. The first-order valence-corrected chi connectivity index (χ1v) is 8.44. The van der Waals surface area contributed by atoms with Crippen molar-refractivity contribution in [2.24, 2.45) is 0 Å². The minimum absolute atomic E-state index is 0.102. The minimum atomic E-state index is 0.102. The molecule has 21 heavy (non-hydrogen) atoms. The summed E-state index contributed by atoms with van der Waals surface area (Å²) < 4.78 is 6.31. The van der Waals surface area contributed by atoms with E-state index in [4.69, 9.17) is 4.74 Å². The van der Waals surface area contributed by atoms with E-state index in [2.05, 4.69) is 73.0 Å². The maximum Gasteiger partial charge on any atom is 0.133 e. The molecule has 0 radical (unpaired) electrons. The predicted octanol–water partition coefficient (Wildman–Crippen LogP) is 3.71. The van der Waals surface area contributed by atoms with Crippen molar-refractivity contribution in [3.63, 3.8) is 0 Å². The van der Waals surface area contributed by atoms with Crippen LogP contribution in [0.2, 0.25) is 0 Å². The number of hydrogen-bond acceptors (Lipinski definition) is 3. The van der Waals surface area contributed by atoms with E-state index in [9.17, 15) is 0 Å². The average Bonchev–Trinajstić information content (AvgIpc) is 2.45. The smallest absolute Gasteiger partial charge is 0.133 e. The summed E-state index contributed by atoms with van der Waals surface area (Å²) in [7, 11) is 3.74. The zero-order chi connectivity index (χ0) is 16.0. The van der Waals surface area contributed by atoms with E-state index in [1.54, 1.807) is 7.11 Å². The third-order valence-corrected chi connectivity index (χ3v) is 5.06. The van der Waals surface area contributed by atoms with Crippen molar-refractivity contribution < 1.29 is 4.74 Å². The van der Waals surface area contributed by atoms with Gasteiger partial charge in [0, 0.05) is 11.6 Å². The van der Waals surface area contributed by atoms with Crippen molar-refractivity contribution >= 4 is 15.9 Å². The summed E-state index contributed by atoms with van der Waals surface area (Å²) in [5, 5.41) is 3.50. The summed E-state index contributed by atoms with van der Waals surface area (Å²) in [6, 6.07) is 6.71. The van der Waals surface area contributed by atoms with Gasteiger partial charge in [-0.1, -0.05) is 19.9 Å². The van der Waals surface area contributed by atoms with Gasteiger partial charge in [0.2, 0.25) is 0 Å². The minimum Gasteiger partial charge on any atom is -0.496 e. The van der Waals surface area contributed by atoms with Crippen molar-refractivity contribution in [2.45, 2.75) is 45.7 Å². The molecule has 1 atom stereocenters. The molecule has 4 heteroatoms. The first-order valence-electron chi connectivity index (χ1n) is 7.65. The van der Waals surface area contributed by atoms with E-state index in [0.29, 0.717) is 6.04 Å². The summed E-state index contributed by atoms with van der Waals surface area (Å²) in [4.78, 5) is 2.51. The molecule has 0 aliphatic carbocycles. The van der Waals surface area contributed by atoms with Gasteiger partial charge in [-0.05, 0) is 74.0 Å². The van der Waals surface area contributed by atoms with Gasteiger partial charge in [-0.25, -0.2) is 0 Å². The maximum atomic E-state index is 5.30. The Morgan fingerprint density at radius 3 is 2.33 bits per heavy atom. The molecule has 0 bridgehead atoms. The van der Waals surface area contributed by atoms with Gasteiger partial charge in [-0.3, -0.25) is 4.90 Å². The van der Waals surface area contributed by atoms with Gasteiger partial charge >= 0.3 is 0 Å². The van der Waals surface area contributed by atoms with Crippen LogP contribution in [-0.4, -0.2) is 43.7 Å². The van der Waals surface area contributed by atoms with Crippen LogP contribution in [0.15, 0.2) is 22.7 Å². The Kier molecular flexibility index (Phi) is 7.17. The topological polar surface area (TPSA) is 24.5 Å². The highest BCUT2D eigenvalue weighted by atomic mass is 79.9. The molecular formula is C17H29BrN2O. The second-order valence-electron chi connectivity index (χ2n) is 5.84. The van der Waals surface area contributed by atoms with E-state index in [0.717, 1.165) is 29.7 Å². The molecule has 1 unspecified atom stereocenters. The van der Waals surface area contributed by atoms with Gasteiger partial charge in [-0.15, -0.1) is 0 Å². The fraction of sp³-hybridized carbons (Fsp3) is 0.647. The van der Waals surface area contributed by atoms with Gasteiger partial charge in [0.15, 0.2) is 0 Å². The molecule has 0 heterocycles. The summed E-state index contributed by atoms with van der Waals surface area (Å²) in [6.07, 6.45) is 0.989. The highest BCUT2D eigenvalue weighted by Crippen LogP contribution is 2.28. The molecule has 0 aliphatic rings. The average molecular weight is 357 g/mol. The number of rotatable bonds is 8. The van der Waals surface area contributed by atoms with Crippen LogP contribution in [0.25, 0.3) is 0 Å². The summed E-state index contributed by atoms with van der Waals surface area (Å²) in [5.74, 6) is 0.878. The largest absolute Gasteiger partial charge is 0.496 e. The third-order valence-electron chi connectivity index (χ3n) is 4.44. The van der Waals surface area contributed by atoms with E-state index >= 15 is 0 Å². The molecule has 0 aliphatic heterocycles. The van der Waals surface area contributed by atoms with Gasteiger partial charge < -0.3 is 10.1 Å². The molecule has 120 valence electrons. The molecule has 1 aromatic carbocycles. The maximum absolute atomic E-state index is 5.30. The highest BCUT2D eigenvalue weighted by molar-refractivity contribution is 9.10. The van der Waals surface area contributed by atoms with Crippen LogP contribution in [0.4, 0.5) is 0 Å². The molecule has 0 saturated heterocycles. The Bertz CT molecular complexity index is 444. The van der Waals surface area contributed by atoms with E-state index in [1.807, 2.05) is 6.07 Å². The number of nitrogens with zero attached hydrogens (tertiary/aromatic N) is 1. The standard InChI is InChI=1S/C17H29BrN2O/c1-7-20(8-2)17(3,4)16(19-5)12-13-9-10-15(21-6)14(18)11-13/h9-11,16,19H,7-8,12H2,1-6H3. The van der Waals surface area contributed by atoms with Crippen molar-refractivity contribution in [1.82, 2.24) is 10.2 Å². The Morgan fingerprint density at radius 1 is 1.29 bits per heavy atom. The normalized spacial score (nSPS) is 13.5. The van der Waals surface area contributed by atoms with E-state index in [1.165, 1.54) is 5.56 Å². The van der Waals surface area contributed by atoms with Crippen molar-refractivity contribution in [3.8, 4) is 5.75 Å². The lowest BCUT2D eigenvalue weighted by atomic mass is 9.87. The lowest BCUT2D eigenvalue weighted by Crippen LogP contribution is -2.57. The van der Waals surface area contributed by atoms with Gasteiger partial charge in [0.25, 0.3) is 0 Å². The van der Waals surface area contributed by atoms with Crippen LogP contribution in [0.3, 0.4) is 0 Å². The zero-order valence-electron chi connectivity index (χ0n) is 14.2. The van der Waals surface area contributed by atoms with E-state index < -0.39 is 0 Å². The predicted molar refractivity (Wildman–Crippen MR) is 94.2 cm³/mol. The third kappa shape index (κ3) is 4.44. The van der Waals surface area contributed by atoms with Crippen LogP contribution in [-0.2, 0) is 6.42 Å². The van der Waals surface area contributed by atoms with Crippen molar-refractivity contribution in [3.05, 3.63) is 28.2 Å². The Labute approximate surface area is 138 Å². The second kappa shape index (κ2) is 8.16. The van der Waals surface area contributed by atoms with E-state index in [-0.39, 0.29) is 5.54 Å². The van der Waals surface area contributed by atoms with Gasteiger partial charge in [0.1, 0.15) is 5.75 Å². The molecule has 0 aromatic heterocycles. The second-order valence-corrected chi connectivity index (χ2v) is 6.69. The first-order chi connectivity index (χ1) is 9.90. The molecule has 0 spiro atoms. The van der Waals surface area contributed by atoms with Crippen molar-refractivity contribution in [2.75, 3.05) is 27.2 Å². The van der Waals surface area contributed by atoms with Crippen LogP contribution in [0, 0.1) is 0 Å². The Morgan fingerprint density at radius 2 is 1.90 bits per heavy atom. The van der Waals surface area contributed by atoms with Gasteiger partial charge in [-0.2, -0.15) is 0 Å². The molecule has 0 amide bonds. The number of methoxy groups -OCH3 is 1. The van der Waals surface area contributed by atoms with Crippen LogP contribution < -0.4 is 10.1 Å². The number of benzene rings is 1. The fourth-order valence-electron chi connectivity index (χ4n) is 3.04. The lowest BCUT2D eigenvalue weighted by molar-refractivity contribution is 0.0943. The monoisotopic (exact) mass is 356 g/mol. The quantitative estimate of drug-likeness (QED) is 0.768. The molecule has 0 saturated carbocycles. The Hall–Kier alpha value is -0.580. The lowest BCUT2D eigenvalue weighted by Gasteiger charge is -2.43. The molecule has 0 fully saturated rings. The molecule has 3 nitrogen and oxygen atoms in total. The molecular weight excluding hydrogens is 328 g/mol. The highest BCUT2D eigenvalue weighted by Gasteiger charge is 2.33. The SMILES string of the molecule is CCN(CC)C(C)(C)C(Cc1ccc(OC)c(Br)c1)NC. The number of nitrogens with one attached hydrogen (secondary N) is 1. The fourth-order valence-corrected chi connectivity index (χ4v) is 3.62. The Balaban J connectivity index is 2.94. The number of likely N-dealkylation sites (N-methyl/N-ethyl adjacent to an activating group) is 2. The van der Waals surface area contributed by atoms with Crippen LogP contribution in [0.1, 0.15) is 33.3 Å². The molecule has 1 rings (SSSR count). The van der Waals surface area contributed by atoms with Crippen LogP contribution >= 0.6 is 15.9 Å². The summed E-state index contributed by atoms with van der Waals surface area (Å²) >= 11 is 3.57. The van der Waals surface area contributed by atoms with Crippen molar-refractivity contribution in [1.29, 1.82) is 0 Å². The summed E-state index contributed by atoms with van der Waals surface area (Å²) in [5.41, 5.74) is 1.41. The van der Waals surface area contributed by atoms with Gasteiger partial charge in [0.05, 0.1) is 11.6 Å². The number of halogens is 1.